The molecule has 0 atom stereocenters. The van der Waals surface area contributed by atoms with Crippen molar-refractivity contribution in [3.63, 3.8) is 0 Å². The number of aromatic nitrogens is 2. The van der Waals surface area contributed by atoms with Crippen LogP contribution in [0.15, 0.2) is 0 Å². The van der Waals surface area contributed by atoms with Crippen molar-refractivity contribution in [2.75, 3.05) is 0 Å². The van der Waals surface area contributed by atoms with Crippen molar-refractivity contribution in [1.29, 1.82) is 0 Å². The number of aryl methyl sites for hydroxylation is 2. The van der Waals surface area contributed by atoms with Crippen molar-refractivity contribution < 1.29 is 14.3 Å². The van der Waals surface area contributed by atoms with Crippen LogP contribution < -0.4 is 4.74 Å². The van der Waals surface area contributed by atoms with Gasteiger partial charge in [-0.2, -0.15) is 5.10 Å². The largest absolute Gasteiger partial charge is 0.514 e. The van der Waals surface area contributed by atoms with Crippen LogP contribution in [-0.4, -0.2) is 21.5 Å². The van der Waals surface area contributed by atoms with Gasteiger partial charge >= 0.3 is 6.16 Å². The molecule has 90 valence electrons. The van der Waals surface area contributed by atoms with Gasteiger partial charge in [0, 0.05) is 7.05 Å². The van der Waals surface area contributed by atoms with E-state index in [4.69, 9.17) is 9.47 Å². The van der Waals surface area contributed by atoms with E-state index in [0.29, 0.717) is 11.4 Å². The lowest BCUT2D eigenvalue weighted by molar-refractivity contribution is 0.0203. The summed E-state index contributed by atoms with van der Waals surface area (Å²) in [6.07, 6.45) is -0.702. The van der Waals surface area contributed by atoms with Crippen LogP contribution in [0.5, 0.6) is 5.75 Å². The highest BCUT2D eigenvalue weighted by Crippen LogP contribution is 2.22. The van der Waals surface area contributed by atoms with Gasteiger partial charge in [-0.15, -0.1) is 0 Å². The number of hydrogen-bond acceptors (Lipinski definition) is 4. The molecule has 0 aliphatic carbocycles. The fourth-order valence-corrected chi connectivity index (χ4v) is 1.26. The van der Waals surface area contributed by atoms with E-state index in [2.05, 4.69) is 5.10 Å². The van der Waals surface area contributed by atoms with Gasteiger partial charge in [-0.1, -0.05) is 0 Å². The highest BCUT2D eigenvalue weighted by atomic mass is 16.7. The molecule has 0 aromatic carbocycles. The van der Waals surface area contributed by atoms with Crippen molar-refractivity contribution in [2.24, 2.45) is 7.05 Å². The average molecular weight is 226 g/mol. The molecule has 0 fully saturated rings. The molecule has 1 heterocycles. The Hall–Kier alpha value is -1.52. The van der Waals surface area contributed by atoms with E-state index in [1.54, 1.807) is 39.4 Å². The van der Waals surface area contributed by atoms with Crippen molar-refractivity contribution >= 4 is 6.16 Å². The Balaban J connectivity index is 2.78. The van der Waals surface area contributed by atoms with E-state index in [9.17, 15) is 4.79 Å². The van der Waals surface area contributed by atoms with Gasteiger partial charge in [0.25, 0.3) is 0 Å². The van der Waals surface area contributed by atoms with E-state index >= 15 is 0 Å². The van der Waals surface area contributed by atoms with Crippen molar-refractivity contribution in [3.8, 4) is 5.75 Å². The predicted octanol–water partition coefficient (Wildman–Crippen LogP) is 2.35. The van der Waals surface area contributed by atoms with E-state index in [-0.39, 0.29) is 0 Å². The highest BCUT2D eigenvalue weighted by Gasteiger charge is 2.21. The van der Waals surface area contributed by atoms with Crippen molar-refractivity contribution in [1.82, 2.24) is 9.78 Å². The molecule has 5 heteroatoms. The molecule has 0 amide bonds. The minimum atomic E-state index is -0.702. The normalized spacial score (nSPS) is 11.4. The molecule has 0 spiro atoms. The lowest BCUT2D eigenvalue weighted by Gasteiger charge is -2.18. The molecule has 0 saturated heterocycles. The van der Waals surface area contributed by atoms with Crippen LogP contribution in [0.3, 0.4) is 0 Å². The second-order valence-corrected chi connectivity index (χ2v) is 4.69. The maximum Gasteiger partial charge on any atom is 0.514 e. The summed E-state index contributed by atoms with van der Waals surface area (Å²) in [5, 5.41) is 4.14. The van der Waals surface area contributed by atoms with Crippen LogP contribution in [0.2, 0.25) is 0 Å². The molecule has 1 rings (SSSR count). The second-order valence-electron chi connectivity index (χ2n) is 4.69. The fourth-order valence-electron chi connectivity index (χ4n) is 1.26. The molecule has 0 aliphatic heterocycles. The van der Waals surface area contributed by atoms with Crippen molar-refractivity contribution in [3.05, 3.63) is 11.4 Å². The molecule has 16 heavy (non-hydrogen) atoms. The van der Waals surface area contributed by atoms with Crippen LogP contribution in [0.1, 0.15) is 32.2 Å². The van der Waals surface area contributed by atoms with E-state index in [1.165, 1.54) is 0 Å². The van der Waals surface area contributed by atoms with Crippen molar-refractivity contribution in [2.45, 2.75) is 40.2 Å². The molecule has 0 unspecified atom stereocenters. The van der Waals surface area contributed by atoms with Crippen LogP contribution >= 0.6 is 0 Å². The zero-order chi connectivity index (χ0) is 12.5. The summed E-state index contributed by atoms with van der Waals surface area (Å²) in [5.74, 6) is 0.469. The predicted molar refractivity (Wildman–Crippen MR) is 59.5 cm³/mol. The topological polar surface area (TPSA) is 53.4 Å². The van der Waals surface area contributed by atoms with Gasteiger partial charge < -0.3 is 9.47 Å². The lowest BCUT2D eigenvalue weighted by Crippen LogP contribution is -2.26. The van der Waals surface area contributed by atoms with Gasteiger partial charge in [-0.05, 0) is 34.6 Å². The lowest BCUT2D eigenvalue weighted by atomic mass is 10.2. The summed E-state index contributed by atoms with van der Waals surface area (Å²) < 4.78 is 11.9. The summed E-state index contributed by atoms with van der Waals surface area (Å²) in [4.78, 5) is 11.5. The second kappa shape index (κ2) is 4.15. The summed E-state index contributed by atoms with van der Waals surface area (Å²) in [6, 6.07) is 0. The summed E-state index contributed by atoms with van der Waals surface area (Å²) in [5.41, 5.74) is 0.912. The van der Waals surface area contributed by atoms with E-state index in [1.807, 2.05) is 6.92 Å². The van der Waals surface area contributed by atoms with Crippen LogP contribution in [0.4, 0.5) is 4.79 Å². The van der Waals surface area contributed by atoms with Gasteiger partial charge in [0.2, 0.25) is 0 Å². The first-order valence-corrected chi connectivity index (χ1v) is 5.12. The van der Waals surface area contributed by atoms with Crippen LogP contribution in [0, 0.1) is 13.8 Å². The summed E-state index contributed by atoms with van der Waals surface area (Å²) in [7, 11) is 1.80. The number of rotatable bonds is 1. The van der Waals surface area contributed by atoms with Gasteiger partial charge in [0.1, 0.15) is 11.3 Å². The number of nitrogens with zero attached hydrogens (tertiary/aromatic N) is 2. The van der Waals surface area contributed by atoms with E-state index < -0.39 is 11.8 Å². The smallest absolute Gasteiger partial charge is 0.428 e. The third-order valence-corrected chi connectivity index (χ3v) is 2.02. The van der Waals surface area contributed by atoms with Gasteiger partial charge in [-0.3, -0.25) is 4.68 Å². The standard InChI is InChI=1S/C11H18N2O3/c1-7-9(8(2)13(6)12-7)15-10(14)16-11(3,4)5/h1-6H3. The number of carbonyl (C=O) groups excluding carboxylic acids is 1. The number of hydrogen-bond donors (Lipinski definition) is 0. The maximum absolute atomic E-state index is 11.5. The molecule has 1 aromatic rings. The molecular weight excluding hydrogens is 208 g/mol. The molecule has 0 aliphatic rings. The summed E-state index contributed by atoms with van der Waals surface area (Å²) >= 11 is 0. The zero-order valence-electron chi connectivity index (χ0n) is 10.6. The number of ether oxygens (including phenoxy) is 2. The van der Waals surface area contributed by atoms with E-state index in [0.717, 1.165) is 5.69 Å². The first kappa shape index (κ1) is 12.5. The minimum absolute atomic E-state index is 0.469. The Morgan fingerprint density at radius 3 is 2.25 bits per heavy atom. The fraction of sp³-hybridized carbons (Fsp3) is 0.636. The molecular formula is C11H18N2O3. The maximum atomic E-state index is 11.5. The quantitative estimate of drug-likeness (QED) is 0.690. The summed E-state index contributed by atoms with van der Waals surface area (Å²) in [6.45, 7) is 8.98. The average Bonchev–Trinajstić information content (AvgIpc) is 2.29. The first-order chi connectivity index (χ1) is 7.20. The third-order valence-electron chi connectivity index (χ3n) is 2.02. The van der Waals surface area contributed by atoms with Crippen LogP contribution in [-0.2, 0) is 11.8 Å². The Morgan fingerprint density at radius 2 is 1.88 bits per heavy atom. The molecule has 5 nitrogen and oxygen atoms in total. The Morgan fingerprint density at radius 1 is 1.31 bits per heavy atom. The molecule has 0 N–H and O–H groups in total. The highest BCUT2D eigenvalue weighted by molar-refractivity contribution is 5.65. The molecule has 1 aromatic heterocycles. The Kier molecular flexibility index (Phi) is 3.26. The van der Waals surface area contributed by atoms with Gasteiger partial charge in [0.05, 0.1) is 5.69 Å². The molecule has 0 saturated carbocycles. The molecule has 0 radical (unpaired) electrons. The Labute approximate surface area is 95.3 Å². The molecule has 0 bridgehead atoms. The SMILES string of the molecule is Cc1nn(C)c(C)c1OC(=O)OC(C)(C)C. The van der Waals surface area contributed by atoms with Crippen LogP contribution in [0.25, 0.3) is 0 Å². The monoisotopic (exact) mass is 226 g/mol. The first-order valence-electron chi connectivity index (χ1n) is 5.12. The van der Waals surface area contributed by atoms with Gasteiger partial charge in [-0.25, -0.2) is 4.79 Å². The Bertz CT molecular complexity index is 402. The minimum Gasteiger partial charge on any atom is -0.428 e. The zero-order valence-corrected chi connectivity index (χ0v) is 10.6. The third kappa shape index (κ3) is 2.98. The van der Waals surface area contributed by atoms with Gasteiger partial charge in [0.15, 0.2) is 5.75 Å². The number of carbonyl (C=O) groups is 1.